The summed E-state index contributed by atoms with van der Waals surface area (Å²) < 4.78 is 123. The number of carbonyl (C=O) groups excluding carboxylic acids is 1. The molecule has 2 aliphatic rings. The molecule has 2 aromatic rings. The Morgan fingerprint density at radius 2 is 1.50 bits per heavy atom. The zero-order valence-corrected chi connectivity index (χ0v) is 20.0. The van der Waals surface area contributed by atoms with Crippen molar-refractivity contribution >= 4 is 11.6 Å². The fourth-order valence-electron chi connectivity index (χ4n) is 4.53. The standard InChI is InChI=1S/C26H23F9N2O/c1-14(37-22(38)8-15-2-3-15)16-4-6-17(7-5-16)21-12-23(13-36-21,26(33,34)35)18-9-19(24(27,28)29)11-20(10-18)25(30,31)32/h4-7,9-11,14-15H,2-3,8,12-13H2,1H3,(H,37,38). The highest BCUT2D eigenvalue weighted by Crippen LogP contribution is 2.50. The highest BCUT2D eigenvalue weighted by atomic mass is 19.4. The molecule has 2 aromatic carbocycles. The molecule has 1 saturated carbocycles. The van der Waals surface area contributed by atoms with Crippen LogP contribution in [0.25, 0.3) is 0 Å². The number of benzene rings is 2. The van der Waals surface area contributed by atoms with Gasteiger partial charge in [-0.2, -0.15) is 39.5 Å². The number of hydrogen-bond acceptors (Lipinski definition) is 2. The minimum Gasteiger partial charge on any atom is -0.350 e. The van der Waals surface area contributed by atoms with E-state index in [2.05, 4.69) is 10.3 Å². The van der Waals surface area contributed by atoms with E-state index in [-0.39, 0.29) is 41.4 Å². The molecule has 1 amide bonds. The van der Waals surface area contributed by atoms with E-state index in [1.54, 1.807) is 19.1 Å². The first kappa shape index (κ1) is 28.0. The summed E-state index contributed by atoms with van der Waals surface area (Å²) >= 11 is 0. The molecule has 0 radical (unpaired) electrons. The summed E-state index contributed by atoms with van der Waals surface area (Å²) in [6.07, 6.45) is -14.2. The van der Waals surface area contributed by atoms with Gasteiger partial charge in [-0.05, 0) is 60.6 Å². The Morgan fingerprint density at radius 1 is 0.947 bits per heavy atom. The Balaban J connectivity index is 1.61. The van der Waals surface area contributed by atoms with Gasteiger partial charge in [0.15, 0.2) is 0 Å². The van der Waals surface area contributed by atoms with Gasteiger partial charge >= 0.3 is 18.5 Å². The van der Waals surface area contributed by atoms with Crippen molar-refractivity contribution in [2.24, 2.45) is 10.9 Å². The van der Waals surface area contributed by atoms with Crippen LogP contribution in [0.5, 0.6) is 0 Å². The summed E-state index contributed by atoms with van der Waals surface area (Å²) in [5.74, 6) is 0.279. The van der Waals surface area contributed by atoms with E-state index >= 15 is 0 Å². The van der Waals surface area contributed by atoms with Crippen LogP contribution in [0.4, 0.5) is 39.5 Å². The minimum absolute atomic E-state index is 0.0923. The second-order valence-electron chi connectivity index (χ2n) is 9.87. The largest absolute Gasteiger partial charge is 0.416 e. The molecule has 2 unspecified atom stereocenters. The van der Waals surface area contributed by atoms with Crippen LogP contribution in [-0.4, -0.2) is 24.3 Å². The summed E-state index contributed by atoms with van der Waals surface area (Å²) in [5.41, 5.74) is -7.01. The molecular weight excluding hydrogens is 527 g/mol. The van der Waals surface area contributed by atoms with E-state index in [0.29, 0.717) is 17.9 Å². The number of nitrogens with one attached hydrogen (secondary N) is 1. The third kappa shape index (κ3) is 5.83. The van der Waals surface area contributed by atoms with Gasteiger partial charge in [0, 0.05) is 18.6 Å². The summed E-state index contributed by atoms with van der Waals surface area (Å²) in [5, 5.41) is 2.84. The van der Waals surface area contributed by atoms with E-state index in [4.69, 9.17) is 0 Å². The average Bonchev–Trinajstić information content (AvgIpc) is 3.49. The zero-order valence-electron chi connectivity index (χ0n) is 20.0. The molecule has 0 spiro atoms. The zero-order chi connectivity index (χ0) is 28.1. The maximum Gasteiger partial charge on any atom is 0.416 e. The third-order valence-electron chi connectivity index (χ3n) is 6.98. The number of alkyl halides is 9. The van der Waals surface area contributed by atoms with Crippen LogP contribution in [0.1, 0.15) is 66.5 Å². The normalized spacial score (nSPS) is 21.3. The van der Waals surface area contributed by atoms with Crippen LogP contribution in [-0.2, 0) is 22.6 Å². The smallest absolute Gasteiger partial charge is 0.350 e. The van der Waals surface area contributed by atoms with Crippen molar-refractivity contribution in [2.45, 2.75) is 62.6 Å². The van der Waals surface area contributed by atoms with E-state index in [9.17, 15) is 44.3 Å². The number of hydrogen-bond donors (Lipinski definition) is 1. The van der Waals surface area contributed by atoms with Crippen molar-refractivity contribution in [1.82, 2.24) is 5.32 Å². The SMILES string of the molecule is CC(NC(=O)CC1CC1)c1ccc(C2=NCC(c3cc(C(F)(F)F)cc(C(F)(F)F)c3)(C(F)(F)F)C2)cc1. The lowest BCUT2D eigenvalue weighted by Crippen LogP contribution is -2.44. The predicted octanol–water partition coefficient (Wildman–Crippen LogP) is 7.39. The maximum absolute atomic E-state index is 14.4. The number of halogens is 9. The van der Waals surface area contributed by atoms with E-state index in [1.165, 1.54) is 12.1 Å². The van der Waals surface area contributed by atoms with Crippen LogP contribution in [0, 0.1) is 5.92 Å². The molecule has 12 heteroatoms. The molecule has 4 rings (SSSR count). The highest BCUT2D eigenvalue weighted by Gasteiger charge is 2.59. The topological polar surface area (TPSA) is 41.5 Å². The summed E-state index contributed by atoms with van der Waals surface area (Å²) in [7, 11) is 0. The van der Waals surface area contributed by atoms with Crippen molar-refractivity contribution in [3.63, 3.8) is 0 Å². The number of aliphatic imine (C=N–C) groups is 1. The first-order valence-electron chi connectivity index (χ1n) is 11.8. The van der Waals surface area contributed by atoms with Gasteiger partial charge in [0.25, 0.3) is 0 Å². The van der Waals surface area contributed by atoms with Crippen molar-refractivity contribution < 1.29 is 44.3 Å². The Kier molecular flexibility index (Phi) is 7.07. The molecule has 206 valence electrons. The van der Waals surface area contributed by atoms with Crippen LogP contribution in [0.15, 0.2) is 47.5 Å². The van der Waals surface area contributed by atoms with Gasteiger partial charge < -0.3 is 5.32 Å². The lowest BCUT2D eigenvalue weighted by Gasteiger charge is -2.32. The Labute approximate surface area is 212 Å². The van der Waals surface area contributed by atoms with Crippen LogP contribution in [0.2, 0.25) is 0 Å². The molecule has 2 atom stereocenters. The maximum atomic E-state index is 14.4. The minimum atomic E-state index is -5.29. The second kappa shape index (κ2) is 9.60. The lowest BCUT2D eigenvalue weighted by molar-refractivity contribution is -0.184. The molecular formula is C26H23F9N2O. The van der Waals surface area contributed by atoms with E-state index < -0.39 is 53.6 Å². The fraction of sp³-hybridized carbons (Fsp3) is 0.462. The summed E-state index contributed by atoms with van der Waals surface area (Å²) in [4.78, 5) is 16.0. The van der Waals surface area contributed by atoms with Crippen LogP contribution >= 0.6 is 0 Å². The number of rotatable bonds is 6. The van der Waals surface area contributed by atoms with Crippen LogP contribution in [0.3, 0.4) is 0 Å². The fourth-order valence-corrected chi connectivity index (χ4v) is 4.53. The molecule has 0 bridgehead atoms. The molecule has 1 heterocycles. The first-order valence-corrected chi connectivity index (χ1v) is 11.8. The molecule has 1 aliphatic heterocycles. The predicted molar refractivity (Wildman–Crippen MR) is 121 cm³/mol. The quantitative estimate of drug-likeness (QED) is 0.375. The van der Waals surface area contributed by atoms with Crippen molar-refractivity contribution in [2.75, 3.05) is 6.54 Å². The van der Waals surface area contributed by atoms with Gasteiger partial charge in [-0.1, -0.05) is 24.3 Å². The molecule has 0 aromatic heterocycles. The van der Waals surface area contributed by atoms with Gasteiger partial charge in [0.1, 0.15) is 5.41 Å². The van der Waals surface area contributed by atoms with Gasteiger partial charge in [-0.25, -0.2) is 0 Å². The number of nitrogens with zero attached hydrogens (tertiary/aromatic N) is 1. The summed E-state index contributed by atoms with van der Waals surface area (Å²) in [6.45, 7) is 0.688. The van der Waals surface area contributed by atoms with Crippen molar-refractivity contribution in [3.05, 3.63) is 70.3 Å². The monoisotopic (exact) mass is 550 g/mol. The van der Waals surface area contributed by atoms with Gasteiger partial charge in [0.2, 0.25) is 5.91 Å². The van der Waals surface area contributed by atoms with Crippen LogP contribution < -0.4 is 5.32 Å². The van der Waals surface area contributed by atoms with Crippen molar-refractivity contribution in [1.29, 1.82) is 0 Å². The number of amides is 1. The van der Waals surface area contributed by atoms with Gasteiger partial charge in [0.05, 0.1) is 23.7 Å². The Morgan fingerprint density at radius 3 is 1.97 bits per heavy atom. The molecule has 38 heavy (non-hydrogen) atoms. The molecule has 0 saturated heterocycles. The van der Waals surface area contributed by atoms with E-state index in [1.807, 2.05) is 0 Å². The van der Waals surface area contributed by atoms with Gasteiger partial charge in [-0.15, -0.1) is 0 Å². The number of carbonyl (C=O) groups is 1. The second-order valence-corrected chi connectivity index (χ2v) is 9.87. The average molecular weight is 550 g/mol. The Hall–Kier alpha value is -3.05. The summed E-state index contributed by atoms with van der Waals surface area (Å²) in [6, 6.07) is 5.77. The molecule has 3 nitrogen and oxygen atoms in total. The van der Waals surface area contributed by atoms with Gasteiger partial charge in [-0.3, -0.25) is 9.79 Å². The Bertz CT molecular complexity index is 1190. The van der Waals surface area contributed by atoms with Crippen molar-refractivity contribution in [3.8, 4) is 0 Å². The van der Waals surface area contributed by atoms with E-state index in [0.717, 1.165) is 12.8 Å². The molecule has 1 aliphatic carbocycles. The lowest BCUT2D eigenvalue weighted by atomic mass is 9.75. The molecule has 1 N–H and O–H groups in total. The first-order chi connectivity index (χ1) is 17.5. The molecule has 1 fully saturated rings. The third-order valence-corrected chi connectivity index (χ3v) is 6.98. The highest BCUT2D eigenvalue weighted by molar-refractivity contribution is 6.03.